The number of nitrogen functional groups attached to an aromatic ring is 1. The largest absolute Gasteiger partial charge is 0.465 e. The number of rotatable bonds is 6. The first-order chi connectivity index (χ1) is 10.3. The molecule has 0 aliphatic carbocycles. The van der Waals surface area contributed by atoms with E-state index in [4.69, 9.17) is 5.73 Å². The number of anilines is 1. The molecule has 0 heterocycles. The molecule has 0 spiro atoms. The smallest absolute Gasteiger partial charge is 0.338 e. The summed E-state index contributed by atoms with van der Waals surface area (Å²) in [6, 6.07) is 2.98. The van der Waals surface area contributed by atoms with Gasteiger partial charge in [0.05, 0.1) is 18.8 Å². The molecule has 4 N–H and O–H groups in total. The van der Waals surface area contributed by atoms with E-state index in [0.717, 1.165) is 11.8 Å². The molecule has 6 nitrogen and oxygen atoms in total. The van der Waals surface area contributed by atoms with Crippen LogP contribution in [0.3, 0.4) is 0 Å². The molecule has 2 unspecified atom stereocenters. The summed E-state index contributed by atoms with van der Waals surface area (Å²) in [5.74, 6) is -0.154. The molecule has 122 valence electrons. The lowest BCUT2D eigenvalue weighted by Crippen LogP contribution is -2.20. The number of aliphatic hydroxyl groups excluding tert-OH is 2. The standard InChI is InChI=1S/C15H21NO5S/c1-8-11(15(20)21-3)6-10(7-12(8)16)14(19)13(18)4-5-22-9(2)17/h6-7,13-14,18-19H,4-5,16H2,1-3H3. The first kappa shape index (κ1) is 18.5. The Hall–Kier alpha value is -1.57. The van der Waals surface area contributed by atoms with Crippen molar-refractivity contribution in [3.05, 3.63) is 28.8 Å². The summed E-state index contributed by atoms with van der Waals surface area (Å²) in [6.45, 7) is 3.12. The molecule has 0 bridgehead atoms. The van der Waals surface area contributed by atoms with Crippen LogP contribution in [-0.2, 0) is 9.53 Å². The van der Waals surface area contributed by atoms with Gasteiger partial charge in [0.25, 0.3) is 0 Å². The van der Waals surface area contributed by atoms with Crippen molar-refractivity contribution in [2.75, 3.05) is 18.6 Å². The van der Waals surface area contributed by atoms with E-state index in [-0.39, 0.29) is 17.1 Å². The number of thioether (sulfide) groups is 1. The summed E-state index contributed by atoms with van der Waals surface area (Å²) in [5.41, 5.74) is 7.33. The van der Waals surface area contributed by atoms with Crippen molar-refractivity contribution in [1.82, 2.24) is 0 Å². The SMILES string of the molecule is COC(=O)c1cc(C(O)C(O)CCSC(C)=O)cc(N)c1C. The molecule has 1 aromatic rings. The number of methoxy groups -OCH3 is 1. The van der Waals surface area contributed by atoms with Crippen LogP contribution in [0.15, 0.2) is 12.1 Å². The molecule has 0 radical (unpaired) electrons. The molecule has 0 saturated heterocycles. The maximum atomic E-state index is 11.7. The van der Waals surface area contributed by atoms with Crippen molar-refractivity contribution in [2.45, 2.75) is 32.5 Å². The van der Waals surface area contributed by atoms with E-state index in [1.54, 1.807) is 6.92 Å². The number of hydrogen-bond acceptors (Lipinski definition) is 7. The minimum Gasteiger partial charge on any atom is -0.465 e. The highest BCUT2D eigenvalue weighted by atomic mass is 32.2. The van der Waals surface area contributed by atoms with Gasteiger partial charge in [-0.2, -0.15) is 0 Å². The second kappa shape index (κ2) is 8.17. The number of nitrogens with two attached hydrogens (primary N) is 1. The van der Waals surface area contributed by atoms with Gasteiger partial charge in [-0.05, 0) is 36.6 Å². The molecular formula is C15H21NO5S. The van der Waals surface area contributed by atoms with Crippen molar-refractivity contribution in [2.24, 2.45) is 0 Å². The number of carbonyl (C=O) groups is 2. The molecule has 0 aliphatic rings. The molecule has 0 aromatic heterocycles. The van der Waals surface area contributed by atoms with Gasteiger partial charge < -0.3 is 20.7 Å². The Kier molecular flexibility index (Phi) is 6.86. The molecule has 7 heteroatoms. The summed E-state index contributed by atoms with van der Waals surface area (Å²) < 4.78 is 4.68. The third-order valence-electron chi connectivity index (χ3n) is 3.30. The van der Waals surface area contributed by atoms with Crippen molar-refractivity contribution in [3.63, 3.8) is 0 Å². The lowest BCUT2D eigenvalue weighted by Gasteiger charge is -2.20. The van der Waals surface area contributed by atoms with E-state index in [2.05, 4.69) is 4.74 Å². The zero-order valence-corrected chi connectivity index (χ0v) is 13.6. The van der Waals surface area contributed by atoms with E-state index in [1.165, 1.54) is 26.2 Å². The van der Waals surface area contributed by atoms with E-state index < -0.39 is 18.2 Å². The zero-order chi connectivity index (χ0) is 16.9. The average molecular weight is 327 g/mol. The summed E-state index contributed by atoms with van der Waals surface area (Å²) in [5, 5.41) is 20.1. The van der Waals surface area contributed by atoms with Crippen molar-refractivity contribution in [3.8, 4) is 0 Å². The fourth-order valence-electron chi connectivity index (χ4n) is 1.96. The second-order valence-corrected chi connectivity index (χ2v) is 6.19. The number of hydrogen-bond donors (Lipinski definition) is 3. The van der Waals surface area contributed by atoms with Crippen LogP contribution in [-0.4, -0.2) is 40.3 Å². The molecule has 0 fully saturated rings. The van der Waals surface area contributed by atoms with Gasteiger partial charge in [0.1, 0.15) is 6.10 Å². The maximum absolute atomic E-state index is 11.7. The molecule has 0 saturated carbocycles. The van der Waals surface area contributed by atoms with Crippen molar-refractivity contribution < 1.29 is 24.5 Å². The topological polar surface area (TPSA) is 110 Å². The van der Waals surface area contributed by atoms with Crippen LogP contribution in [0.5, 0.6) is 0 Å². The molecule has 0 amide bonds. The average Bonchev–Trinajstić information content (AvgIpc) is 2.47. The van der Waals surface area contributed by atoms with Gasteiger partial charge in [0, 0.05) is 18.4 Å². The highest BCUT2D eigenvalue weighted by molar-refractivity contribution is 8.13. The summed E-state index contributed by atoms with van der Waals surface area (Å²) in [7, 11) is 1.26. The Morgan fingerprint density at radius 1 is 1.36 bits per heavy atom. The normalized spacial score (nSPS) is 13.5. The van der Waals surface area contributed by atoms with Crippen LogP contribution in [0.4, 0.5) is 5.69 Å². The highest BCUT2D eigenvalue weighted by Crippen LogP contribution is 2.27. The van der Waals surface area contributed by atoms with Gasteiger partial charge in [-0.25, -0.2) is 4.79 Å². The molecule has 22 heavy (non-hydrogen) atoms. The van der Waals surface area contributed by atoms with E-state index >= 15 is 0 Å². The van der Waals surface area contributed by atoms with Crippen molar-refractivity contribution in [1.29, 1.82) is 0 Å². The van der Waals surface area contributed by atoms with Gasteiger partial charge >= 0.3 is 5.97 Å². The fourth-order valence-corrected chi connectivity index (χ4v) is 2.60. The van der Waals surface area contributed by atoms with Gasteiger partial charge in [-0.15, -0.1) is 0 Å². The Morgan fingerprint density at radius 2 is 2.00 bits per heavy atom. The minimum absolute atomic E-state index is 0.0470. The lowest BCUT2D eigenvalue weighted by molar-refractivity contribution is -0.109. The van der Waals surface area contributed by atoms with Crippen LogP contribution in [0.1, 0.15) is 40.9 Å². The number of benzene rings is 1. The van der Waals surface area contributed by atoms with Crippen LogP contribution in [0.2, 0.25) is 0 Å². The third-order valence-corrected chi connectivity index (χ3v) is 4.15. The highest BCUT2D eigenvalue weighted by Gasteiger charge is 2.22. The summed E-state index contributed by atoms with van der Waals surface area (Å²) in [4.78, 5) is 22.6. The van der Waals surface area contributed by atoms with Crippen LogP contribution in [0, 0.1) is 6.92 Å². The lowest BCUT2D eigenvalue weighted by atomic mass is 9.96. The van der Waals surface area contributed by atoms with Crippen LogP contribution < -0.4 is 5.73 Å². The predicted octanol–water partition coefficient (Wildman–Crippen LogP) is 1.43. The molecule has 2 atom stereocenters. The number of carbonyl (C=O) groups excluding carboxylic acids is 2. The number of ether oxygens (including phenoxy) is 1. The maximum Gasteiger partial charge on any atom is 0.338 e. The summed E-state index contributed by atoms with van der Waals surface area (Å²) in [6.07, 6.45) is -2.01. The molecule has 0 aliphatic heterocycles. The number of esters is 1. The molecular weight excluding hydrogens is 306 g/mol. The predicted molar refractivity (Wildman–Crippen MR) is 85.7 cm³/mol. The first-order valence-corrected chi connectivity index (χ1v) is 7.74. The van der Waals surface area contributed by atoms with Gasteiger partial charge in [-0.1, -0.05) is 11.8 Å². The zero-order valence-electron chi connectivity index (χ0n) is 12.8. The Bertz CT molecular complexity index is 561. The Balaban J connectivity index is 2.93. The Labute approximate surface area is 133 Å². The Morgan fingerprint density at radius 3 is 2.55 bits per heavy atom. The molecule has 1 aromatic carbocycles. The van der Waals surface area contributed by atoms with Gasteiger partial charge in [-0.3, -0.25) is 4.79 Å². The first-order valence-electron chi connectivity index (χ1n) is 6.75. The van der Waals surface area contributed by atoms with Gasteiger partial charge in [0.2, 0.25) is 0 Å². The number of aliphatic hydroxyl groups is 2. The minimum atomic E-state index is -1.20. The fraction of sp³-hybridized carbons (Fsp3) is 0.467. The third kappa shape index (κ3) is 4.72. The van der Waals surface area contributed by atoms with Crippen LogP contribution in [0.25, 0.3) is 0 Å². The molecule has 1 rings (SSSR count). The van der Waals surface area contributed by atoms with E-state index in [1.807, 2.05) is 0 Å². The van der Waals surface area contributed by atoms with Crippen LogP contribution >= 0.6 is 11.8 Å². The van der Waals surface area contributed by atoms with E-state index in [0.29, 0.717) is 22.6 Å². The van der Waals surface area contributed by atoms with Crippen molar-refractivity contribution >= 4 is 28.5 Å². The van der Waals surface area contributed by atoms with E-state index in [9.17, 15) is 19.8 Å². The second-order valence-electron chi connectivity index (χ2n) is 4.92. The van der Waals surface area contributed by atoms with Gasteiger partial charge in [0.15, 0.2) is 5.12 Å². The monoisotopic (exact) mass is 327 g/mol. The summed E-state index contributed by atoms with van der Waals surface area (Å²) >= 11 is 1.08. The quantitative estimate of drug-likeness (QED) is 0.535.